The third-order valence-electron chi connectivity index (χ3n) is 7.57. The number of hydrogen-bond donors (Lipinski definition) is 3. The summed E-state index contributed by atoms with van der Waals surface area (Å²) in [6.07, 6.45) is 5.24. The molecule has 3 fully saturated rings. The van der Waals surface area contributed by atoms with Gasteiger partial charge in [0.1, 0.15) is 5.54 Å². The number of amides is 2. The van der Waals surface area contributed by atoms with Crippen LogP contribution in [0.15, 0.2) is 0 Å². The third-order valence-corrected chi connectivity index (χ3v) is 9.48. The Hall–Kier alpha value is -1.31. The molecule has 0 aromatic heterocycles. The SMILES string of the molecule is CC(=O)N(CCNCC1CCN(S(=O)(=O)N(C)C)C1)CC(O)CN1[C@@H]2C[CH]C[C@@]1(C(N)=O)CC2. The van der Waals surface area contributed by atoms with E-state index in [0.717, 1.165) is 19.3 Å². The molecule has 195 valence electrons. The Balaban J connectivity index is 1.44. The third kappa shape index (κ3) is 5.90. The molecule has 0 spiro atoms. The summed E-state index contributed by atoms with van der Waals surface area (Å²) in [5.74, 6) is -0.235. The van der Waals surface area contributed by atoms with Gasteiger partial charge in [0.05, 0.1) is 6.10 Å². The molecule has 0 saturated carbocycles. The highest BCUT2D eigenvalue weighted by Gasteiger charge is 2.53. The average molecular weight is 502 g/mol. The van der Waals surface area contributed by atoms with Crippen molar-refractivity contribution in [1.82, 2.24) is 23.7 Å². The number of carbonyl (C=O) groups is 2. The average Bonchev–Trinajstić information content (AvgIpc) is 3.30. The van der Waals surface area contributed by atoms with Crippen LogP contribution in [0.4, 0.5) is 0 Å². The van der Waals surface area contributed by atoms with Gasteiger partial charge in [-0.05, 0) is 51.0 Å². The standard InChI is InChI=1S/C22H41N6O5S/c1-17(29)26(12-10-24-13-18-7-11-27(14-18)34(32,33)25(2)3)15-20(30)16-28-19-5-4-8-22(28,9-6-19)21(23)31/h4,18-20,24,30H,5-16H2,1-3H3,(H2,23,31)/t18?,19-,20?,22+/m1/s1. The van der Waals surface area contributed by atoms with Crippen molar-refractivity contribution < 1.29 is 23.1 Å². The van der Waals surface area contributed by atoms with Gasteiger partial charge in [0.2, 0.25) is 11.8 Å². The number of aliphatic hydroxyl groups is 1. The van der Waals surface area contributed by atoms with E-state index in [9.17, 15) is 23.1 Å². The molecule has 3 aliphatic rings. The summed E-state index contributed by atoms with van der Waals surface area (Å²) in [4.78, 5) is 28.1. The minimum absolute atomic E-state index is 0.121. The lowest BCUT2D eigenvalue weighted by Gasteiger charge is -2.43. The zero-order valence-corrected chi connectivity index (χ0v) is 21.5. The van der Waals surface area contributed by atoms with Crippen LogP contribution in [-0.2, 0) is 19.8 Å². The van der Waals surface area contributed by atoms with Crippen LogP contribution in [0.1, 0.15) is 39.0 Å². The Bertz CT molecular complexity index is 836. The number of primary amides is 1. The second-order valence-corrected chi connectivity index (χ2v) is 12.2. The number of aliphatic hydroxyl groups excluding tert-OH is 1. The van der Waals surface area contributed by atoms with Crippen LogP contribution in [0.5, 0.6) is 0 Å². The van der Waals surface area contributed by atoms with Crippen LogP contribution in [-0.4, -0.2) is 121 Å². The van der Waals surface area contributed by atoms with Gasteiger partial charge in [-0.1, -0.05) is 0 Å². The Morgan fingerprint density at radius 3 is 2.71 bits per heavy atom. The van der Waals surface area contributed by atoms with Gasteiger partial charge in [-0.2, -0.15) is 17.0 Å². The van der Waals surface area contributed by atoms with E-state index in [-0.39, 0.29) is 30.3 Å². The molecule has 4 N–H and O–H groups in total. The monoisotopic (exact) mass is 501 g/mol. The van der Waals surface area contributed by atoms with Crippen molar-refractivity contribution in [3.05, 3.63) is 6.42 Å². The number of fused-ring (bicyclic) bond motifs is 2. The lowest BCUT2D eigenvalue weighted by Crippen LogP contribution is -2.60. The molecule has 0 aliphatic carbocycles. The van der Waals surface area contributed by atoms with E-state index in [2.05, 4.69) is 16.6 Å². The molecule has 0 aromatic carbocycles. The number of nitrogens with zero attached hydrogens (tertiary/aromatic N) is 4. The van der Waals surface area contributed by atoms with Gasteiger partial charge in [-0.15, -0.1) is 0 Å². The number of nitrogens with one attached hydrogen (secondary N) is 1. The first kappa shape index (κ1) is 27.3. The fourth-order valence-corrected chi connectivity index (χ4v) is 6.76. The van der Waals surface area contributed by atoms with Crippen LogP contribution >= 0.6 is 0 Å². The summed E-state index contributed by atoms with van der Waals surface area (Å²) in [5.41, 5.74) is 5.03. The van der Waals surface area contributed by atoms with Gasteiger partial charge in [0.15, 0.2) is 0 Å². The summed E-state index contributed by atoms with van der Waals surface area (Å²) in [6.45, 7) is 4.65. The van der Waals surface area contributed by atoms with Crippen LogP contribution in [0.3, 0.4) is 0 Å². The second-order valence-electron chi connectivity index (χ2n) is 10.1. The molecule has 12 heteroatoms. The summed E-state index contributed by atoms with van der Waals surface area (Å²) in [7, 11) is -0.309. The molecular formula is C22H41N6O5S. The molecule has 34 heavy (non-hydrogen) atoms. The lowest BCUT2D eigenvalue weighted by atomic mass is 9.87. The van der Waals surface area contributed by atoms with Crippen LogP contribution < -0.4 is 11.1 Å². The predicted octanol–water partition coefficient (Wildman–Crippen LogP) is -1.40. The first-order valence-electron chi connectivity index (χ1n) is 12.2. The number of β-amino-alcohol motifs (C(OH)–C–C–N with tert-alkyl or cyclic N) is 1. The lowest BCUT2D eigenvalue weighted by molar-refractivity contribution is -0.134. The first-order valence-corrected chi connectivity index (χ1v) is 13.6. The van der Waals surface area contributed by atoms with Gasteiger partial charge >= 0.3 is 0 Å². The Labute approximate surface area is 203 Å². The van der Waals surface area contributed by atoms with Crippen molar-refractivity contribution in [3.63, 3.8) is 0 Å². The fraction of sp³-hybridized carbons (Fsp3) is 0.864. The molecular weight excluding hydrogens is 460 g/mol. The Morgan fingerprint density at radius 1 is 1.32 bits per heavy atom. The van der Waals surface area contributed by atoms with E-state index in [0.29, 0.717) is 52.1 Å². The Morgan fingerprint density at radius 2 is 2.06 bits per heavy atom. The molecule has 3 aliphatic heterocycles. The van der Waals surface area contributed by atoms with E-state index in [1.54, 1.807) is 4.90 Å². The molecule has 2 amide bonds. The number of hydrogen-bond acceptors (Lipinski definition) is 7. The molecule has 4 atom stereocenters. The number of piperidine rings is 1. The molecule has 0 aromatic rings. The van der Waals surface area contributed by atoms with Gasteiger partial charge in [0, 0.05) is 66.3 Å². The van der Waals surface area contributed by atoms with Crippen LogP contribution in [0, 0.1) is 12.3 Å². The smallest absolute Gasteiger partial charge is 0.281 e. The van der Waals surface area contributed by atoms with Crippen LogP contribution in [0.25, 0.3) is 0 Å². The van der Waals surface area contributed by atoms with Gasteiger partial charge < -0.3 is 21.1 Å². The van der Waals surface area contributed by atoms with Gasteiger partial charge in [-0.25, -0.2) is 0 Å². The van der Waals surface area contributed by atoms with Crippen molar-refractivity contribution in [3.8, 4) is 0 Å². The van der Waals surface area contributed by atoms with Crippen molar-refractivity contribution in [1.29, 1.82) is 0 Å². The van der Waals surface area contributed by atoms with E-state index < -0.39 is 21.9 Å². The molecule has 3 saturated heterocycles. The van der Waals surface area contributed by atoms with E-state index >= 15 is 0 Å². The number of carbonyl (C=O) groups excluding carboxylic acids is 2. The predicted molar refractivity (Wildman–Crippen MR) is 129 cm³/mol. The first-order chi connectivity index (χ1) is 16.0. The van der Waals surface area contributed by atoms with Crippen LogP contribution in [0.2, 0.25) is 0 Å². The molecule has 11 nitrogen and oxygen atoms in total. The van der Waals surface area contributed by atoms with Crippen molar-refractivity contribution in [2.75, 3.05) is 59.9 Å². The fourth-order valence-electron chi connectivity index (χ4n) is 5.56. The zero-order valence-electron chi connectivity index (χ0n) is 20.6. The van der Waals surface area contributed by atoms with Crippen molar-refractivity contribution >= 4 is 22.0 Å². The quantitative estimate of drug-likeness (QED) is 0.280. The highest BCUT2D eigenvalue weighted by molar-refractivity contribution is 7.86. The summed E-state index contributed by atoms with van der Waals surface area (Å²) >= 11 is 0. The molecule has 3 rings (SSSR count). The topological polar surface area (TPSA) is 140 Å². The highest BCUT2D eigenvalue weighted by Crippen LogP contribution is 2.43. The van der Waals surface area contributed by atoms with Crippen molar-refractivity contribution in [2.45, 2.75) is 56.7 Å². The minimum Gasteiger partial charge on any atom is -0.390 e. The van der Waals surface area contributed by atoms with E-state index in [4.69, 9.17) is 5.73 Å². The molecule has 1 radical (unpaired) electrons. The minimum atomic E-state index is -3.38. The summed E-state index contributed by atoms with van der Waals surface area (Å²) < 4.78 is 27.2. The largest absolute Gasteiger partial charge is 0.390 e. The molecule has 2 bridgehead atoms. The van der Waals surface area contributed by atoms with E-state index in [1.165, 1.54) is 29.6 Å². The zero-order chi connectivity index (χ0) is 25.1. The molecule has 2 unspecified atom stereocenters. The number of rotatable bonds is 12. The normalized spacial score (nSPS) is 29.0. The summed E-state index contributed by atoms with van der Waals surface area (Å²) in [6, 6.07) is 0.214. The number of nitrogens with two attached hydrogens (primary N) is 1. The summed E-state index contributed by atoms with van der Waals surface area (Å²) in [5, 5.41) is 14.1. The maximum Gasteiger partial charge on any atom is 0.281 e. The highest BCUT2D eigenvalue weighted by atomic mass is 32.2. The van der Waals surface area contributed by atoms with Crippen molar-refractivity contribution in [2.24, 2.45) is 11.7 Å². The molecule has 3 heterocycles. The van der Waals surface area contributed by atoms with Gasteiger partial charge in [0.25, 0.3) is 10.2 Å². The Kier molecular flexibility index (Phi) is 8.96. The maximum atomic E-state index is 12.3. The van der Waals surface area contributed by atoms with E-state index in [1.807, 2.05) is 0 Å². The van der Waals surface area contributed by atoms with Gasteiger partial charge in [-0.3, -0.25) is 14.5 Å². The second kappa shape index (κ2) is 11.2. The maximum absolute atomic E-state index is 12.3.